The lowest BCUT2D eigenvalue weighted by Crippen LogP contribution is -2.44. The summed E-state index contributed by atoms with van der Waals surface area (Å²) in [6.45, 7) is 0. The molecule has 4 aromatic rings. The molecule has 0 radical (unpaired) electrons. The van der Waals surface area contributed by atoms with E-state index in [4.69, 9.17) is 4.74 Å². The highest BCUT2D eigenvalue weighted by atomic mass is 32.1. The third kappa shape index (κ3) is 3.40. The molecule has 0 aliphatic carbocycles. The molecule has 160 valence electrons. The van der Waals surface area contributed by atoms with Crippen LogP contribution in [0.3, 0.4) is 0 Å². The molecule has 0 bridgehead atoms. The molecule has 1 aromatic heterocycles. The van der Waals surface area contributed by atoms with Gasteiger partial charge in [-0.2, -0.15) is 0 Å². The molecule has 0 saturated heterocycles. The smallest absolute Gasteiger partial charge is 0.254 e. The molecular formula is C25H21N3O3S. The molecule has 7 heteroatoms. The summed E-state index contributed by atoms with van der Waals surface area (Å²) in [5, 5.41) is 3.52. The van der Waals surface area contributed by atoms with Crippen LogP contribution in [0.15, 0.2) is 72.8 Å². The fourth-order valence-corrected chi connectivity index (χ4v) is 5.19. The van der Waals surface area contributed by atoms with Crippen molar-refractivity contribution in [3.05, 3.63) is 89.5 Å². The lowest BCUT2D eigenvalue weighted by molar-refractivity contribution is -0.119. The Morgan fingerprint density at radius 3 is 2.59 bits per heavy atom. The summed E-state index contributed by atoms with van der Waals surface area (Å²) in [4.78, 5) is 33.0. The van der Waals surface area contributed by atoms with Gasteiger partial charge in [0.25, 0.3) is 5.91 Å². The normalized spacial score (nSPS) is 17.8. The zero-order valence-electron chi connectivity index (χ0n) is 17.6. The average Bonchev–Trinajstić information content (AvgIpc) is 3.22. The maximum atomic E-state index is 13.7. The Bertz CT molecular complexity index is 1320. The summed E-state index contributed by atoms with van der Waals surface area (Å²) >= 11 is 1.40. The molecule has 1 aliphatic heterocycles. The fourth-order valence-electron chi connectivity index (χ4n) is 4.29. The van der Waals surface area contributed by atoms with Gasteiger partial charge in [-0.1, -0.05) is 59.9 Å². The number of nitrogens with one attached hydrogen (secondary N) is 1. The van der Waals surface area contributed by atoms with Crippen LogP contribution >= 0.6 is 11.3 Å². The summed E-state index contributed by atoms with van der Waals surface area (Å²) in [5.41, 5.74) is 2.98. The second-order valence-corrected chi connectivity index (χ2v) is 8.71. The van der Waals surface area contributed by atoms with Crippen LogP contribution in [-0.4, -0.2) is 35.9 Å². The van der Waals surface area contributed by atoms with Gasteiger partial charge in [-0.3, -0.25) is 9.59 Å². The second-order valence-electron chi connectivity index (χ2n) is 7.68. The number of nitrogens with zero attached hydrogens (tertiary/aromatic N) is 2. The van der Waals surface area contributed by atoms with E-state index in [1.807, 2.05) is 66.7 Å². The van der Waals surface area contributed by atoms with Crippen LogP contribution in [0.4, 0.5) is 5.13 Å². The van der Waals surface area contributed by atoms with Gasteiger partial charge in [0.1, 0.15) is 5.75 Å². The Labute approximate surface area is 189 Å². The maximum Gasteiger partial charge on any atom is 0.254 e. The first kappa shape index (κ1) is 20.2. The van der Waals surface area contributed by atoms with Crippen molar-refractivity contribution in [2.75, 3.05) is 19.5 Å². The molecule has 3 aromatic carbocycles. The molecular weight excluding hydrogens is 422 g/mol. The first-order valence-electron chi connectivity index (χ1n) is 10.2. The van der Waals surface area contributed by atoms with Crippen LogP contribution in [0.1, 0.15) is 33.4 Å². The predicted molar refractivity (Wildman–Crippen MR) is 125 cm³/mol. The van der Waals surface area contributed by atoms with Gasteiger partial charge in [0.2, 0.25) is 5.91 Å². The minimum atomic E-state index is -0.571. The first-order chi connectivity index (χ1) is 15.6. The predicted octanol–water partition coefficient (Wildman–Crippen LogP) is 4.85. The van der Waals surface area contributed by atoms with Crippen LogP contribution in [0, 0.1) is 0 Å². The van der Waals surface area contributed by atoms with Crippen molar-refractivity contribution in [2.24, 2.45) is 0 Å². The van der Waals surface area contributed by atoms with E-state index in [0.29, 0.717) is 10.7 Å². The Morgan fingerprint density at radius 1 is 1.06 bits per heavy atom. The molecule has 32 heavy (non-hydrogen) atoms. The number of fused-ring (bicyclic) bond motifs is 2. The molecule has 2 atom stereocenters. The second kappa shape index (κ2) is 8.09. The minimum absolute atomic E-state index is 0.0921. The Hall–Kier alpha value is -3.71. The number of rotatable bonds is 4. The number of likely N-dealkylation sites (N-methyl/N-ethyl adjacent to an activating group) is 1. The van der Waals surface area contributed by atoms with Crippen molar-refractivity contribution in [3.63, 3.8) is 0 Å². The maximum absolute atomic E-state index is 13.7. The highest BCUT2D eigenvalue weighted by Gasteiger charge is 2.42. The van der Waals surface area contributed by atoms with Crippen LogP contribution in [0.2, 0.25) is 0 Å². The molecule has 1 N–H and O–H groups in total. The standard InChI is InChI=1S/C25H21N3O3S/c1-28-22(15-8-4-3-5-9-15)21(17-10-6-7-11-18(17)24(28)30)23(29)27-25-26-19-13-12-16(31-2)14-20(19)32-25/h3-14,21-22H,1-2H3,(H,26,27,29). The van der Waals surface area contributed by atoms with Crippen molar-refractivity contribution < 1.29 is 14.3 Å². The third-order valence-electron chi connectivity index (χ3n) is 5.83. The molecule has 0 fully saturated rings. The third-order valence-corrected chi connectivity index (χ3v) is 6.76. The van der Waals surface area contributed by atoms with Crippen molar-refractivity contribution in [2.45, 2.75) is 12.0 Å². The van der Waals surface area contributed by atoms with Gasteiger partial charge in [-0.15, -0.1) is 0 Å². The number of thiazole rings is 1. The van der Waals surface area contributed by atoms with E-state index in [9.17, 15) is 9.59 Å². The fraction of sp³-hybridized carbons (Fsp3) is 0.160. The lowest BCUT2D eigenvalue weighted by atomic mass is 9.79. The molecule has 2 heterocycles. The number of amides is 2. The van der Waals surface area contributed by atoms with Crippen LogP contribution < -0.4 is 10.1 Å². The molecule has 0 saturated carbocycles. The summed E-state index contributed by atoms with van der Waals surface area (Å²) < 4.78 is 6.21. The highest BCUT2D eigenvalue weighted by molar-refractivity contribution is 7.22. The van der Waals surface area contributed by atoms with E-state index < -0.39 is 12.0 Å². The number of carbonyl (C=O) groups excluding carboxylic acids is 2. The van der Waals surface area contributed by atoms with Crippen LogP contribution in [0.25, 0.3) is 10.2 Å². The minimum Gasteiger partial charge on any atom is -0.497 e. The van der Waals surface area contributed by atoms with Crippen LogP contribution in [0.5, 0.6) is 5.75 Å². The number of ether oxygens (including phenoxy) is 1. The van der Waals surface area contributed by atoms with E-state index in [0.717, 1.165) is 27.1 Å². The summed E-state index contributed by atoms with van der Waals surface area (Å²) in [5.74, 6) is -0.121. The van der Waals surface area contributed by atoms with Crippen molar-refractivity contribution in [1.29, 1.82) is 0 Å². The number of hydrogen-bond donors (Lipinski definition) is 1. The largest absolute Gasteiger partial charge is 0.497 e. The topological polar surface area (TPSA) is 71.5 Å². The number of anilines is 1. The van der Waals surface area contributed by atoms with Gasteiger partial charge in [0.05, 0.1) is 29.3 Å². The SMILES string of the molecule is COc1ccc2nc(NC(=O)C3c4ccccc4C(=O)N(C)C3c3ccccc3)sc2c1. The van der Waals surface area contributed by atoms with E-state index in [1.165, 1.54) is 11.3 Å². The number of methoxy groups -OCH3 is 1. The highest BCUT2D eigenvalue weighted by Crippen LogP contribution is 2.42. The van der Waals surface area contributed by atoms with Crippen LogP contribution in [-0.2, 0) is 4.79 Å². The number of aromatic nitrogens is 1. The molecule has 0 spiro atoms. The number of hydrogen-bond acceptors (Lipinski definition) is 5. The van der Waals surface area contributed by atoms with Gasteiger partial charge in [0, 0.05) is 12.6 Å². The van der Waals surface area contributed by atoms with Crippen molar-refractivity contribution >= 4 is 38.5 Å². The summed E-state index contributed by atoms with van der Waals surface area (Å²) in [7, 11) is 3.37. The monoisotopic (exact) mass is 443 g/mol. The zero-order chi connectivity index (χ0) is 22.2. The van der Waals surface area contributed by atoms with Gasteiger partial charge < -0.3 is 15.0 Å². The molecule has 2 unspecified atom stereocenters. The summed E-state index contributed by atoms with van der Waals surface area (Å²) in [6.07, 6.45) is 0. The first-order valence-corrected chi connectivity index (χ1v) is 11.0. The Balaban J connectivity index is 1.56. The van der Waals surface area contributed by atoms with E-state index in [2.05, 4.69) is 10.3 Å². The average molecular weight is 444 g/mol. The molecule has 1 aliphatic rings. The zero-order valence-corrected chi connectivity index (χ0v) is 18.4. The molecule has 6 nitrogen and oxygen atoms in total. The lowest BCUT2D eigenvalue weighted by Gasteiger charge is -2.39. The van der Waals surface area contributed by atoms with E-state index in [1.54, 1.807) is 25.1 Å². The Kier molecular flexibility index (Phi) is 5.11. The van der Waals surface area contributed by atoms with Gasteiger partial charge in [0.15, 0.2) is 5.13 Å². The van der Waals surface area contributed by atoms with E-state index >= 15 is 0 Å². The van der Waals surface area contributed by atoms with Gasteiger partial charge >= 0.3 is 0 Å². The molecule has 5 rings (SSSR count). The number of benzene rings is 3. The van der Waals surface area contributed by atoms with Crippen molar-refractivity contribution in [1.82, 2.24) is 9.88 Å². The van der Waals surface area contributed by atoms with Gasteiger partial charge in [-0.25, -0.2) is 4.98 Å². The number of carbonyl (C=O) groups is 2. The quantitative estimate of drug-likeness (QED) is 0.489. The molecule has 2 amide bonds. The van der Waals surface area contributed by atoms with Gasteiger partial charge in [-0.05, 0) is 35.4 Å². The van der Waals surface area contributed by atoms with Crippen molar-refractivity contribution in [3.8, 4) is 5.75 Å². The summed E-state index contributed by atoms with van der Waals surface area (Å²) in [6, 6.07) is 22.2. The Morgan fingerprint density at radius 2 is 1.81 bits per heavy atom. The van der Waals surface area contributed by atoms with E-state index in [-0.39, 0.29) is 11.8 Å².